The molecular formula is C23H24N4O5. The molecule has 2 aliphatic rings. The number of ether oxygens (including phenoxy) is 2. The molecule has 2 aromatic rings. The Morgan fingerprint density at radius 1 is 1.16 bits per heavy atom. The van der Waals surface area contributed by atoms with Crippen molar-refractivity contribution in [1.82, 2.24) is 20.4 Å². The molecule has 166 valence electrons. The van der Waals surface area contributed by atoms with Crippen molar-refractivity contribution in [3.63, 3.8) is 0 Å². The average Bonchev–Trinajstić information content (AvgIpc) is 3.23. The lowest BCUT2D eigenvalue weighted by Crippen LogP contribution is -2.51. The molecule has 0 saturated carbocycles. The van der Waals surface area contributed by atoms with E-state index in [4.69, 9.17) is 9.47 Å². The van der Waals surface area contributed by atoms with E-state index in [9.17, 15) is 14.4 Å². The molecule has 0 radical (unpaired) electrons. The summed E-state index contributed by atoms with van der Waals surface area (Å²) in [6, 6.07) is 11.7. The Balaban J connectivity index is 1.62. The summed E-state index contributed by atoms with van der Waals surface area (Å²) in [6.45, 7) is 4.91. The number of amides is 4. The van der Waals surface area contributed by atoms with Gasteiger partial charge in [0, 0.05) is 31.9 Å². The number of urea groups is 1. The normalized spacial score (nSPS) is 19.3. The van der Waals surface area contributed by atoms with E-state index in [0.29, 0.717) is 17.9 Å². The average molecular weight is 436 g/mol. The molecule has 2 heterocycles. The van der Waals surface area contributed by atoms with E-state index in [0.717, 1.165) is 22.6 Å². The Labute approximate surface area is 185 Å². The lowest BCUT2D eigenvalue weighted by Gasteiger charge is -2.33. The zero-order valence-electron chi connectivity index (χ0n) is 18.1. The van der Waals surface area contributed by atoms with Crippen LogP contribution < -0.4 is 20.1 Å². The van der Waals surface area contributed by atoms with Gasteiger partial charge in [0.25, 0.3) is 5.91 Å². The van der Waals surface area contributed by atoms with E-state index in [1.54, 1.807) is 45.5 Å². The van der Waals surface area contributed by atoms with Crippen LogP contribution in [0.1, 0.15) is 16.7 Å². The maximum Gasteiger partial charge on any atom is 0.414 e. The SMILES string of the molecule is C=C1c2cc(OC)ccc2CN1C[C@@]1(c2ccc(OC(=O)N(C)C)cc2)NC(=O)NC1=O. The van der Waals surface area contributed by atoms with Crippen LogP contribution in [-0.2, 0) is 16.9 Å². The zero-order chi connectivity index (χ0) is 23.0. The van der Waals surface area contributed by atoms with E-state index < -0.39 is 23.6 Å². The highest BCUT2D eigenvalue weighted by molar-refractivity contribution is 6.07. The molecular weight excluding hydrogens is 412 g/mol. The molecule has 0 spiro atoms. The molecule has 0 bridgehead atoms. The van der Waals surface area contributed by atoms with Gasteiger partial charge < -0.3 is 24.6 Å². The van der Waals surface area contributed by atoms with Crippen LogP contribution in [-0.4, -0.2) is 55.6 Å². The van der Waals surface area contributed by atoms with Gasteiger partial charge in [0.1, 0.15) is 11.5 Å². The first-order chi connectivity index (χ1) is 15.2. The maximum atomic E-state index is 13.0. The first-order valence-electron chi connectivity index (χ1n) is 9.98. The van der Waals surface area contributed by atoms with Gasteiger partial charge in [0.05, 0.1) is 13.7 Å². The number of hydrogen-bond donors (Lipinski definition) is 2. The summed E-state index contributed by atoms with van der Waals surface area (Å²) >= 11 is 0. The summed E-state index contributed by atoms with van der Waals surface area (Å²) in [5.41, 5.74) is 1.98. The summed E-state index contributed by atoms with van der Waals surface area (Å²) in [7, 11) is 4.77. The summed E-state index contributed by atoms with van der Waals surface area (Å²) < 4.78 is 10.6. The van der Waals surface area contributed by atoms with Gasteiger partial charge in [-0.2, -0.15) is 0 Å². The molecule has 1 saturated heterocycles. The third kappa shape index (κ3) is 3.62. The van der Waals surface area contributed by atoms with E-state index in [1.165, 1.54) is 4.90 Å². The van der Waals surface area contributed by atoms with Gasteiger partial charge in [-0.15, -0.1) is 0 Å². The summed E-state index contributed by atoms with van der Waals surface area (Å²) in [6.07, 6.45) is -0.513. The maximum absolute atomic E-state index is 13.0. The fourth-order valence-electron chi connectivity index (χ4n) is 3.90. The van der Waals surface area contributed by atoms with Gasteiger partial charge in [-0.25, -0.2) is 9.59 Å². The van der Waals surface area contributed by atoms with Crippen LogP contribution in [0.15, 0.2) is 49.0 Å². The summed E-state index contributed by atoms with van der Waals surface area (Å²) in [5, 5.41) is 5.12. The smallest absolute Gasteiger partial charge is 0.414 e. The Morgan fingerprint density at radius 3 is 2.44 bits per heavy atom. The predicted octanol–water partition coefficient (Wildman–Crippen LogP) is 2.28. The van der Waals surface area contributed by atoms with Crippen molar-refractivity contribution < 1.29 is 23.9 Å². The van der Waals surface area contributed by atoms with Crippen molar-refractivity contribution in [1.29, 1.82) is 0 Å². The molecule has 9 heteroatoms. The summed E-state index contributed by atoms with van der Waals surface area (Å²) in [5.74, 6) is 0.593. The highest BCUT2D eigenvalue weighted by atomic mass is 16.6. The fraction of sp³-hybridized carbons (Fsp3) is 0.261. The highest BCUT2D eigenvalue weighted by Gasteiger charge is 2.49. The van der Waals surface area contributed by atoms with E-state index in [-0.39, 0.29) is 6.54 Å². The minimum absolute atomic E-state index is 0.178. The molecule has 9 nitrogen and oxygen atoms in total. The van der Waals surface area contributed by atoms with Gasteiger partial charge in [0.15, 0.2) is 5.54 Å². The van der Waals surface area contributed by atoms with Crippen molar-refractivity contribution in [2.75, 3.05) is 27.7 Å². The Hall–Kier alpha value is -4.01. The number of imide groups is 1. The van der Waals surface area contributed by atoms with Crippen molar-refractivity contribution in [2.24, 2.45) is 0 Å². The van der Waals surface area contributed by atoms with E-state index in [1.807, 2.05) is 23.1 Å². The fourth-order valence-corrected chi connectivity index (χ4v) is 3.90. The van der Waals surface area contributed by atoms with Crippen LogP contribution in [0.2, 0.25) is 0 Å². The number of carbonyl (C=O) groups excluding carboxylic acids is 3. The monoisotopic (exact) mass is 436 g/mol. The van der Waals surface area contributed by atoms with Crippen molar-refractivity contribution >= 4 is 23.7 Å². The number of rotatable bonds is 5. The van der Waals surface area contributed by atoms with Crippen LogP contribution in [0.3, 0.4) is 0 Å². The van der Waals surface area contributed by atoms with Crippen molar-refractivity contribution in [3.8, 4) is 11.5 Å². The van der Waals surface area contributed by atoms with Crippen LogP contribution in [0.25, 0.3) is 5.70 Å². The van der Waals surface area contributed by atoms with Crippen LogP contribution in [0, 0.1) is 0 Å². The number of carbonyl (C=O) groups is 3. The molecule has 32 heavy (non-hydrogen) atoms. The minimum atomic E-state index is -1.32. The van der Waals surface area contributed by atoms with Crippen LogP contribution >= 0.6 is 0 Å². The molecule has 4 rings (SSSR count). The third-order valence-corrected chi connectivity index (χ3v) is 5.66. The van der Waals surface area contributed by atoms with Gasteiger partial charge in [0.2, 0.25) is 0 Å². The Bertz CT molecular complexity index is 1110. The minimum Gasteiger partial charge on any atom is -0.497 e. The molecule has 1 fully saturated rings. The molecule has 1 atom stereocenters. The number of nitrogens with one attached hydrogen (secondary N) is 2. The number of methoxy groups -OCH3 is 1. The van der Waals surface area contributed by atoms with Crippen LogP contribution in [0.5, 0.6) is 11.5 Å². The van der Waals surface area contributed by atoms with Gasteiger partial charge in [-0.3, -0.25) is 10.1 Å². The lowest BCUT2D eigenvalue weighted by atomic mass is 9.89. The second-order valence-corrected chi connectivity index (χ2v) is 7.93. The lowest BCUT2D eigenvalue weighted by molar-refractivity contribution is -0.124. The number of nitrogens with zero attached hydrogens (tertiary/aromatic N) is 2. The molecule has 2 aliphatic heterocycles. The van der Waals surface area contributed by atoms with Crippen molar-refractivity contribution in [3.05, 3.63) is 65.7 Å². The van der Waals surface area contributed by atoms with Gasteiger partial charge in [-0.1, -0.05) is 24.8 Å². The topological polar surface area (TPSA) is 100 Å². The molecule has 0 unspecified atom stereocenters. The Kier molecular flexibility index (Phi) is 5.25. The zero-order valence-corrected chi connectivity index (χ0v) is 18.1. The Morgan fingerprint density at radius 2 is 1.84 bits per heavy atom. The largest absolute Gasteiger partial charge is 0.497 e. The number of hydrogen-bond acceptors (Lipinski definition) is 6. The number of benzene rings is 2. The molecule has 2 N–H and O–H groups in total. The predicted molar refractivity (Wildman–Crippen MR) is 117 cm³/mol. The van der Waals surface area contributed by atoms with Crippen LogP contribution in [0.4, 0.5) is 9.59 Å². The molecule has 2 aromatic carbocycles. The quantitative estimate of drug-likeness (QED) is 0.698. The van der Waals surface area contributed by atoms with Crippen molar-refractivity contribution in [2.45, 2.75) is 12.1 Å². The first kappa shape index (κ1) is 21.2. The third-order valence-electron chi connectivity index (χ3n) is 5.66. The second kappa shape index (κ2) is 7.92. The van der Waals surface area contributed by atoms with Gasteiger partial charge in [-0.05, 0) is 35.4 Å². The van der Waals surface area contributed by atoms with E-state index in [2.05, 4.69) is 17.2 Å². The van der Waals surface area contributed by atoms with E-state index >= 15 is 0 Å². The van der Waals surface area contributed by atoms with Gasteiger partial charge >= 0.3 is 12.1 Å². The summed E-state index contributed by atoms with van der Waals surface area (Å²) in [4.78, 5) is 40.1. The molecule has 0 aromatic heterocycles. The number of fused-ring (bicyclic) bond motifs is 1. The highest BCUT2D eigenvalue weighted by Crippen LogP contribution is 2.37. The standard InChI is InChI=1S/C23H24N4O5/c1-14-19-11-18(31-4)8-5-15(19)12-27(14)13-23(20(28)24-21(29)25-23)16-6-9-17(10-7-16)32-22(30)26(2)3/h5-11H,1,12-13H2,2-4H3,(H2,24,25,28,29)/t23-/m0/s1. The second-order valence-electron chi connectivity index (χ2n) is 7.93. The molecule has 0 aliphatic carbocycles. The first-order valence-corrected chi connectivity index (χ1v) is 9.98. The molecule has 4 amide bonds.